The predicted molar refractivity (Wildman–Crippen MR) is 108 cm³/mol. The van der Waals surface area contributed by atoms with Crippen LogP contribution in [0.3, 0.4) is 0 Å². The van der Waals surface area contributed by atoms with Crippen LogP contribution in [0.15, 0.2) is 30.0 Å². The summed E-state index contributed by atoms with van der Waals surface area (Å²) in [6.45, 7) is 11.2. The molecule has 1 amide bonds. The number of aromatic nitrogens is 2. The van der Waals surface area contributed by atoms with Gasteiger partial charge in [0.25, 0.3) is 0 Å². The average molecular weight is 390 g/mol. The molecule has 0 bridgehead atoms. The fourth-order valence-corrected chi connectivity index (χ4v) is 2.91. The molecule has 2 N–H and O–H groups in total. The number of hydrogen-bond donors (Lipinski definition) is 2. The largest absolute Gasteiger partial charge is 0.469 e. The molecular weight excluding hydrogens is 360 g/mol. The Morgan fingerprint density at radius 3 is 3.00 bits per heavy atom. The van der Waals surface area contributed by atoms with Crippen molar-refractivity contribution in [3.63, 3.8) is 0 Å². The van der Waals surface area contributed by atoms with Crippen LogP contribution in [0, 0.1) is 11.3 Å². The maximum atomic E-state index is 11.9. The lowest BCUT2D eigenvalue weighted by atomic mass is 9.89. The minimum absolute atomic E-state index is 0.0243. The van der Waals surface area contributed by atoms with Crippen LogP contribution in [0.2, 0.25) is 0 Å². The summed E-state index contributed by atoms with van der Waals surface area (Å²) in [5.41, 5.74) is 2.74. The van der Waals surface area contributed by atoms with Gasteiger partial charge in [-0.05, 0) is 25.0 Å². The number of nitrogens with one attached hydrogen (secondary N) is 2. The molecule has 154 valence electrons. The SMILES string of the molecule is C=CC(=O)N1CCOC[C@@H](OC(=N)c2ccnn2[C@](C)(/C=N\NC)C(C)C)C1. The zero-order valence-electron chi connectivity index (χ0n) is 17.0. The van der Waals surface area contributed by atoms with Gasteiger partial charge in [0.1, 0.15) is 11.8 Å². The first kappa shape index (κ1) is 21.6. The Kier molecular flexibility index (Phi) is 7.33. The molecule has 9 heteroatoms. The Bertz CT molecular complexity index is 729. The number of ether oxygens (including phenoxy) is 2. The molecule has 1 aliphatic heterocycles. The lowest BCUT2D eigenvalue weighted by molar-refractivity contribution is -0.126. The van der Waals surface area contributed by atoms with Gasteiger partial charge in [0.15, 0.2) is 0 Å². The van der Waals surface area contributed by atoms with Gasteiger partial charge < -0.3 is 19.8 Å². The van der Waals surface area contributed by atoms with Gasteiger partial charge >= 0.3 is 0 Å². The minimum atomic E-state index is -0.553. The number of carbonyl (C=O) groups excluding carboxylic acids is 1. The third-order valence-corrected chi connectivity index (χ3v) is 4.96. The molecule has 0 spiro atoms. The molecule has 1 aliphatic rings. The number of carbonyl (C=O) groups is 1. The van der Waals surface area contributed by atoms with Crippen molar-refractivity contribution in [2.75, 3.05) is 33.4 Å². The van der Waals surface area contributed by atoms with Gasteiger partial charge in [-0.15, -0.1) is 0 Å². The fraction of sp³-hybridized carbons (Fsp3) is 0.579. The van der Waals surface area contributed by atoms with E-state index in [1.807, 2.05) is 6.92 Å². The molecule has 0 aliphatic carbocycles. The highest BCUT2D eigenvalue weighted by Gasteiger charge is 2.33. The molecule has 0 saturated carbocycles. The van der Waals surface area contributed by atoms with E-state index in [4.69, 9.17) is 14.9 Å². The van der Waals surface area contributed by atoms with E-state index in [0.717, 1.165) is 0 Å². The number of rotatable bonds is 7. The van der Waals surface area contributed by atoms with Crippen molar-refractivity contribution in [3.8, 4) is 0 Å². The van der Waals surface area contributed by atoms with Crippen LogP contribution in [0.5, 0.6) is 0 Å². The minimum Gasteiger partial charge on any atom is -0.469 e. The molecule has 0 unspecified atom stereocenters. The molecular formula is C19H30N6O3. The molecule has 2 heterocycles. The first-order valence-corrected chi connectivity index (χ1v) is 9.33. The van der Waals surface area contributed by atoms with Crippen LogP contribution < -0.4 is 5.43 Å². The lowest BCUT2D eigenvalue weighted by Gasteiger charge is -2.32. The van der Waals surface area contributed by atoms with Crippen molar-refractivity contribution < 1.29 is 14.3 Å². The summed E-state index contributed by atoms with van der Waals surface area (Å²) < 4.78 is 13.1. The second kappa shape index (κ2) is 9.50. The van der Waals surface area contributed by atoms with Crippen molar-refractivity contribution in [1.82, 2.24) is 20.1 Å². The highest BCUT2D eigenvalue weighted by molar-refractivity contribution is 5.91. The number of nitrogens with zero attached hydrogens (tertiary/aromatic N) is 4. The van der Waals surface area contributed by atoms with Crippen LogP contribution in [0.4, 0.5) is 0 Å². The van der Waals surface area contributed by atoms with E-state index in [1.54, 1.807) is 35.1 Å². The van der Waals surface area contributed by atoms with E-state index in [-0.39, 0.29) is 17.7 Å². The van der Waals surface area contributed by atoms with E-state index < -0.39 is 11.6 Å². The Morgan fingerprint density at radius 2 is 2.36 bits per heavy atom. The van der Waals surface area contributed by atoms with E-state index in [9.17, 15) is 4.79 Å². The maximum Gasteiger partial charge on any atom is 0.246 e. The Hall–Kier alpha value is -2.68. The van der Waals surface area contributed by atoms with Crippen molar-refractivity contribution in [3.05, 3.63) is 30.6 Å². The third-order valence-electron chi connectivity index (χ3n) is 4.96. The molecule has 9 nitrogen and oxygen atoms in total. The highest BCUT2D eigenvalue weighted by Crippen LogP contribution is 2.25. The molecule has 1 aromatic rings. The quantitative estimate of drug-likeness (QED) is 0.315. The van der Waals surface area contributed by atoms with Gasteiger partial charge in [-0.1, -0.05) is 20.4 Å². The van der Waals surface area contributed by atoms with Crippen molar-refractivity contribution in [2.45, 2.75) is 32.4 Å². The second-order valence-electron chi connectivity index (χ2n) is 7.12. The summed E-state index contributed by atoms with van der Waals surface area (Å²) >= 11 is 0. The smallest absolute Gasteiger partial charge is 0.246 e. The van der Waals surface area contributed by atoms with E-state index in [1.165, 1.54) is 6.08 Å². The molecule has 1 aromatic heterocycles. The van der Waals surface area contributed by atoms with Gasteiger partial charge in [0, 0.05) is 19.8 Å². The number of hydrogen-bond acceptors (Lipinski definition) is 7. The zero-order valence-corrected chi connectivity index (χ0v) is 17.0. The second-order valence-corrected chi connectivity index (χ2v) is 7.12. The molecule has 0 radical (unpaired) electrons. The maximum absolute atomic E-state index is 11.9. The zero-order chi connectivity index (χ0) is 20.7. The number of hydrazone groups is 1. The molecule has 28 heavy (non-hydrogen) atoms. The van der Waals surface area contributed by atoms with Gasteiger partial charge in [-0.2, -0.15) is 10.2 Å². The summed E-state index contributed by atoms with van der Waals surface area (Å²) in [5, 5.41) is 17.1. The number of amides is 1. The van der Waals surface area contributed by atoms with Crippen LogP contribution in [-0.2, 0) is 19.8 Å². The molecule has 1 fully saturated rings. The third kappa shape index (κ3) is 4.78. The summed E-state index contributed by atoms with van der Waals surface area (Å²) in [7, 11) is 1.73. The Balaban J connectivity index is 2.21. The highest BCUT2D eigenvalue weighted by atomic mass is 16.5. The molecule has 2 rings (SSSR count). The predicted octanol–water partition coefficient (Wildman–Crippen LogP) is 1.21. The van der Waals surface area contributed by atoms with Gasteiger partial charge in [-0.3, -0.25) is 10.2 Å². The monoisotopic (exact) mass is 390 g/mol. The molecule has 1 saturated heterocycles. The van der Waals surface area contributed by atoms with Gasteiger partial charge in [0.05, 0.1) is 31.5 Å². The summed E-state index contributed by atoms with van der Waals surface area (Å²) in [5.74, 6) is -0.0342. The van der Waals surface area contributed by atoms with Crippen LogP contribution in [-0.4, -0.2) is 72.2 Å². The van der Waals surface area contributed by atoms with Crippen LogP contribution >= 0.6 is 0 Å². The molecule has 2 atom stereocenters. The van der Waals surface area contributed by atoms with E-state index in [2.05, 4.69) is 36.1 Å². The van der Waals surface area contributed by atoms with Gasteiger partial charge in [0.2, 0.25) is 11.8 Å². The van der Waals surface area contributed by atoms with Crippen LogP contribution in [0.25, 0.3) is 0 Å². The molecule has 0 aromatic carbocycles. The Morgan fingerprint density at radius 1 is 1.61 bits per heavy atom. The Labute approximate surface area is 165 Å². The first-order valence-electron chi connectivity index (χ1n) is 9.33. The fourth-order valence-electron chi connectivity index (χ4n) is 2.91. The normalized spacial score (nSPS) is 19.9. The average Bonchev–Trinajstić information content (AvgIpc) is 3.06. The summed E-state index contributed by atoms with van der Waals surface area (Å²) in [6, 6.07) is 1.74. The standard InChI is InChI=1S/C19H30N6O3/c1-6-17(26)24-9-10-27-12-15(11-24)28-18(20)16-7-8-23-25(16)19(4,14(2)3)13-22-21-5/h6-8,13-15,20-21H,1,9-12H2,2-5H3/b20-18?,22-13-/t15-,19+/m0/s1. The lowest BCUT2D eigenvalue weighted by Crippen LogP contribution is -2.42. The first-order chi connectivity index (χ1) is 13.3. The van der Waals surface area contributed by atoms with Crippen molar-refractivity contribution in [1.29, 1.82) is 5.41 Å². The van der Waals surface area contributed by atoms with Crippen molar-refractivity contribution in [2.24, 2.45) is 11.0 Å². The van der Waals surface area contributed by atoms with E-state index >= 15 is 0 Å². The van der Waals surface area contributed by atoms with Crippen LogP contribution in [0.1, 0.15) is 26.5 Å². The summed E-state index contributed by atoms with van der Waals surface area (Å²) in [6.07, 6.45) is 4.25. The topological polar surface area (TPSA) is 105 Å². The van der Waals surface area contributed by atoms with E-state index in [0.29, 0.717) is 32.0 Å². The van der Waals surface area contributed by atoms with Crippen molar-refractivity contribution >= 4 is 18.0 Å². The van der Waals surface area contributed by atoms with Gasteiger partial charge in [-0.25, -0.2) is 4.68 Å². The summed E-state index contributed by atoms with van der Waals surface area (Å²) in [4.78, 5) is 13.6.